The summed E-state index contributed by atoms with van der Waals surface area (Å²) in [5.74, 6) is 0.545. The third-order valence-corrected chi connectivity index (χ3v) is 4.24. The number of carbonyl (C=O) groups excluding carboxylic acids is 1. The third-order valence-electron chi connectivity index (χ3n) is 2.59. The Kier molecular flexibility index (Phi) is 8.22. The number of carboxylic acid groups (broad SMARTS) is 1. The fourth-order valence-electron chi connectivity index (χ4n) is 1.56. The van der Waals surface area contributed by atoms with E-state index >= 15 is 0 Å². The molecule has 0 bridgehead atoms. The maximum absolute atomic E-state index is 11.7. The van der Waals surface area contributed by atoms with E-state index in [2.05, 4.69) is 5.32 Å². The molecule has 0 aliphatic carbocycles. The van der Waals surface area contributed by atoms with Crippen molar-refractivity contribution in [3.8, 4) is 0 Å². The highest BCUT2D eigenvalue weighted by atomic mass is 32.2. The molecule has 1 aromatic carbocycles. The van der Waals surface area contributed by atoms with Gasteiger partial charge in [0.25, 0.3) is 0 Å². The van der Waals surface area contributed by atoms with Crippen molar-refractivity contribution in [2.75, 3.05) is 17.8 Å². The molecule has 0 aliphatic heterocycles. The number of carboxylic acids is 1. The molecular weight excluding hydrogens is 294 g/mol. The van der Waals surface area contributed by atoms with Crippen molar-refractivity contribution >= 4 is 35.4 Å². The molecule has 1 rings (SSSR count). The van der Waals surface area contributed by atoms with Crippen LogP contribution >= 0.6 is 23.5 Å². The van der Waals surface area contributed by atoms with Gasteiger partial charge in [-0.25, -0.2) is 4.79 Å². The molecule has 0 heterocycles. The fraction of sp³-hybridized carbons (Fsp3) is 0.429. The lowest BCUT2D eigenvalue weighted by Crippen LogP contribution is -2.42. The first-order chi connectivity index (χ1) is 9.63. The second kappa shape index (κ2) is 9.72. The molecule has 0 unspecified atom stereocenters. The Hall–Kier alpha value is -1.14. The number of hydrogen-bond acceptors (Lipinski definition) is 4. The number of thioether (sulfide) groups is 2. The number of benzene rings is 1. The van der Waals surface area contributed by atoms with E-state index in [0.717, 1.165) is 11.3 Å². The van der Waals surface area contributed by atoms with Gasteiger partial charge >= 0.3 is 5.97 Å². The smallest absolute Gasteiger partial charge is 0.326 e. The van der Waals surface area contributed by atoms with E-state index in [1.807, 2.05) is 36.6 Å². The first kappa shape index (κ1) is 16.9. The third kappa shape index (κ3) is 6.86. The predicted octanol–water partition coefficient (Wildman–Crippen LogP) is 2.24. The number of hydrogen-bond donors (Lipinski definition) is 2. The van der Waals surface area contributed by atoms with Crippen molar-refractivity contribution in [2.24, 2.45) is 0 Å². The van der Waals surface area contributed by atoms with E-state index < -0.39 is 12.0 Å². The van der Waals surface area contributed by atoms with Crippen LogP contribution in [0.5, 0.6) is 0 Å². The normalized spacial score (nSPS) is 11.8. The molecule has 0 fully saturated rings. The van der Waals surface area contributed by atoms with E-state index in [4.69, 9.17) is 5.11 Å². The van der Waals surface area contributed by atoms with Gasteiger partial charge in [-0.15, -0.1) is 11.8 Å². The Morgan fingerprint density at radius 2 is 2.00 bits per heavy atom. The molecule has 2 N–H and O–H groups in total. The topological polar surface area (TPSA) is 66.4 Å². The molecular formula is C14H19NO3S2. The van der Waals surface area contributed by atoms with Crippen LogP contribution in [0.3, 0.4) is 0 Å². The monoisotopic (exact) mass is 313 g/mol. The summed E-state index contributed by atoms with van der Waals surface area (Å²) < 4.78 is 0. The van der Waals surface area contributed by atoms with Crippen LogP contribution in [0, 0.1) is 0 Å². The molecule has 0 radical (unpaired) electrons. The van der Waals surface area contributed by atoms with Crippen LogP contribution in [-0.4, -0.2) is 40.8 Å². The maximum atomic E-state index is 11.7. The van der Waals surface area contributed by atoms with Gasteiger partial charge in [-0.05, 0) is 24.0 Å². The second-order valence-electron chi connectivity index (χ2n) is 4.22. The Morgan fingerprint density at radius 3 is 2.60 bits per heavy atom. The molecule has 0 aliphatic rings. The highest BCUT2D eigenvalue weighted by molar-refractivity contribution is 7.99. The summed E-state index contributed by atoms with van der Waals surface area (Å²) in [4.78, 5) is 22.7. The van der Waals surface area contributed by atoms with Crippen LogP contribution in [0.2, 0.25) is 0 Å². The van der Waals surface area contributed by atoms with Gasteiger partial charge < -0.3 is 10.4 Å². The van der Waals surface area contributed by atoms with E-state index in [1.54, 1.807) is 11.8 Å². The molecule has 0 saturated carbocycles. The first-order valence-electron chi connectivity index (χ1n) is 6.26. The zero-order chi connectivity index (χ0) is 14.8. The number of aliphatic carboxylic acids is 1. The van der Waals surface area contributed by atoms with E-state index in [1.165, 1.54) is 11.8 Å². The lowest BCUT2D eigenvalue weighted by Gasteiger charge is -2.13. The van der Waals surface area contributed by atoms with Crippen LogP contribution in [0.25, 0.3) is 0 Å². The molecule has 0 saturated heterocycles. The lowest BCUT2D eigenvalue weighted by molar-refractivity contribution is -0.141. The van der Waals surface area contributed by atoms with Gasteiger partial charge in [0.15, 0.2) is 0 Å². The van der Waals surface area contributed by atoms with Crippen molar-refractivity contribution in [3.63, 3.8) is 0 Å². The van der Waals surface area contributed by atoms with Gasteiger partial charge in [0.2, 0.25) is 5.91 Å². The molecule has 6 heteroatoms. The molecule has 20 heavy (non-hydrogen) atoms. The number of rotatable bonds is 9. The molecule has 0 spiro atoms. The van der Waals surface area contributed by atoms with Gasteiger partial charge in [0, 0.05) is 5.75 Å². The molecule has 110 valence electrons. The van der Waals surface area contributed by atoms with Crippen LogP contribution in [0.1, 0.15) is 12.0 Å². The predicted molar refractivity (Wildman–Crippen MR) is 85.2 cm³/mol. The second-order valence-corrected chi connectivity index (χ2v) is 6.19. The summed E-state index contributed by atoms with van der Waals surface area (Å²) >= 11 is 3.05. The zero-order valence-corrected chi connectivity index (χ0v) is 13.0. The van der Waals surface area contributed by atoms with Crippen LogP contribution < -0.4 is 5.32 Å². The summed E-state index contributed by atoms with van der Waals surface area (Å²) in [6, 6.07) is 9.08. The quantitative estimate of drug-likeness (QED) is 0.732. The number of carbonyl (C=O) groups is 2. The maximum Gasteiger partial charge on any atom is 0.326 e. The number of nitrogens with one attached hydrogen (secondary N) is 1. The largest absolute Gasteiger partial charge is 0.480 e. The summed E-state index contributed by atoms with van der Waals surface area (Å²) in [5, 5.41) is 11.6. The van der Waals surface area contributed by atoms with Crippen LogP contribution in [0.4, 0.5) is 0 Å². The molecule has 1 amide bonds. The molecule has 0 aromatic heterocycles. The van der Waals surface area contributed by atoms with Gasteiger partial charge in [-0.3, -0.25) is 4.79 Å². The van der Waals surface area contributed by atoms with E-state index in [0.29, 0.717) is 12.2 Å². The SMILES string of the molecule is CSCC[C@@H](NC(=O)CSCc1ccccc1)C(=O)O. The number of amides is 1. The summed E-state index contributed by atoms with van der Waals surface area (Å²) in [6.07, 6.45) is 2.36. The van der Waals surface area contributed by atoms with Gasteiger partial charge in [-0.2, -0.15) is 11.8 Å². The van der Waals surface area contributed by atoms with E-state index in [-0.39, 0.29) is 11.7 Å². The van der Waals surface area contributed by atoms with Crippen molar-refractivity contribution in [3.05, 3.63) is 35.9 Å². The van der Waals surface area contributed by atoms with Crippen molar-refractivity contribution < 1.29 is 14.7 Å². The Bertz CT molecular complexity index is 426. The average Bonchev–Trinajstić information content (AvgIpc) is 2.44. The van der Waals surface area contributed by atoms with Crippen LogP contribution in [-0.2, 0) is 15.3 Å². The Balaban J connectivity index is 2.29. The minimum absolute atomic E-state index is 0.223. The van der Waals surface area contributed by atoms with Crippen LogP contribution in [0.15, 0.2) is 30.3 Å². The highest BCUT2D eigenvalue weighted by Crippen LogP contribution is 2.11. The Labute approximate surface area is 127 Å². The van der Waals surface area contributed by atoms with Gasteiger partial charge in [0.1, 0.15) is 6.04 Å². The molecule has 1 atom stereocenters. The average molecular weight is 313 g/mol. The fourth-order valence-corrected chi connectivity index (χ4v) is 2.84. The zero-order valence-electron chi connectivity index (χ0n) is 11.4. The minimum atomic E-state index is -0.972. The lowest BCUT2D eigenvalue weighted by atomic mass is 10.2. The van der Waals surface area contributed by atoms with E-state index in [9.17, 15) is 9.59 Å². The Morgan fingerprint density at radius 1 is 1.30 bits per heavy atom. The van der Waals surface area contributed by atoms with Crippen molar-refractivity contribution in [2.45, 2.75) is 18.2 Å². The summed E-state index contributed by atoms with van der Waals surface area (Å²) in [6.45, 7) is 0. The highest BCUT2D eigenvalue weighted by Gasteiger charge is 2.18. The van der Waals surface area contributed by atoms with Crippen molar-refractivity contribution in [1.29, 1.82) is 0 Å². The molecule has 1 aromatic rings. The van der Waals surface area contributed by atoms with Gasteiger partial charge in [0.05, 0.1) is 5.75 Å². The summed E-state index contributed by atoms with van der Waals surface area (Å²) in [5.41, 5.74) is 1.16. The van der Waals surface area contributed by atoms with Crippen molar-refractivity contribution in [1.82, 2.24) is 5.32 Å². The van der Waals surface area contributed by atoms with Gasteiger partial charge in [-0.1, -0.05) is 30.3 Å². The first-order valence-corrected chi connectivity index (χ1v) is 8.81. The molecule has 4 nitrogen and oxygen atoms in total. The standard InChI is InChI=1S/C14H19NO3S2/c1-19-8-7-12(14(17)18)15-13(16)10-20-9-11-5-3-2-4-6-11/h2-6,12H,7-10H2,1H3,(H,15,16)(H,17,18)/t12-/m1/s1. The summed E-state index contributed by atoms with van der Waals surface area (Å²) in [7, 11) is 0. The minimum Gasteiger partial charge on any atom is -0.480 e.